The summed E-state index contributed by atoms with van der Waals surface area (Å²) in [5.41, 5.74) is 16.9. The van der Waals surface area contributed by atoms with E-state index >= 15 is 0 Å². The van der Waals surface area contributed by atoms with Crippen LogP contribution in [0, 0.1) is 0 Å². The van der Waals surface area contributed by atoms with Crippen LogP contribution in [0.4, 0.5) is 17.1 Å². The zero-order valence-electron chi connectivity index (χ0n) is 35.0. The second kappa shape index (κ2) is 15.8. The summed E-state index contributed by atoms with van der Waals surface area (Å²) in [6.07, 6.45) is 0. The number of fused-ring (bicyclic) bond motifs is 5. The van der Waals surface area contributed by atoms with Crippen LogP contribution in [0.3, 0.4) is 0 Å². The molecule has 0 aliphatic heterocycles. The molecule has 1 aromatic heterocycles. The molecule has 0 atom stereocenters. The zero-order valence-corrected chi connectivity index (χ0v) is 35.0. The Labute approximate surface area is 372 Å². The maximum atomic E-state index is 6.19. The number of para-hydroxylation sites is 1. The molecule has 300 valence electrons. The van der Waals surface area contributed by atoms with Crippen molar-refractivity contribution < 1.29 is 4.42 Å². The van der Waals surface area contributed by atoms with E-state index in [9.17, 15) is 0 Å². The molecular formula is C62H41NO. The fourth-order valence-corrected chi connectivity index (χ4v) is 9.47. The molecule has 0 N–H and O–H groups in total. The van der Waals surface area contributed by atoms with Crippen molar-refractivity contribution in [2.75, 3.05) is 4.90 Å². The van der Waals surface area contributed by atoms with Crippen molar-refractivity contribution in [1.29, 1.82) is 0 Å². The van der Waals surface area contributed by atoms with Gasteiger partial charge in [-0.15, -0.1) is 0 Å². The quantitative estimate of drug-likeness (QED) is 0.152. The standard InChI is InChI=1S/C62H41NO/c1-3-22-55-44(12-1)14-10-25-57(55)50-19-7-16-46(38-50)42-28-33-52(34-29-42)63(54-21-9-18-48(40-54)49-32-37-62-60(41-49)59-24-5-6-27-61(59)64-62)53-35-30-43(31-36-53)47-17-8-20-51(39-47)58-26-11-15-45-13-2-4-23-56(45)58/h1-41H. The van der Waals surface area contributed by atoms with Crippen LogP contribution < -0.4 is 4.90 Å². The average Bonchev–Trinajstić information content (AvgIpc) is 3.75. The van der Waals surface area contributed by atoms with E-state index < -0.39 is 0 Å². The third-order valence-corrected chi connectivity index (χ3v) is 12.7. The van der Waals surface area contributed by atoms with Gasteiger partial charge in [-0.25, -0.2) is 0 Å². The van der Waals surface area contributed by atoms with Crippen LogP contribution >= 0.6 is 0 Å². The second-order valence-electron chi connectivity index (χ2n) is 16.5. The highest BCUT2D eigenvalue weighted by molar-refractivity contribution is 6.06. The number of furan rings is 1. The lowest BCUT2D eigenvalue weighted by Crippen LogP contribution is -2.10. The van der Waals surface area contributed by atoms with Crippen molar-refractivity contribution in [2.24, 2.45) is 0 Å². The summed E-state index contributed by atoms with van der Waals surface area (Å²) < 4.78 is 6.19. The smallest absolute Gasteiger partial charge is 0.135 e. The van der Waals surface area contributed by atoms with Gasteiger partial charge >= 0.3 is 0 Å². The summed E-state index contributed by atoms with van der Waals surface area (Å²) in [5.74, 6) is 0. The lowest BCUT2D eigenvalue weighted by molar-refractivity contribution is 0.669. The summed E-state index contributed by atoms with van der Waals surface area (Å²) in [6.45, 7) is 0. The van der Waals surface area contributed by atoms with E-state index in [2.05, 4.69) is 241 Å². The predicted octanol–water partition coefficient (Wildman–Crippen LogP) is 17.7. The van der Waals surface area contributed by atoms with Gasteiger partial charge in [0.15, 0.2) is 0 Å². The van der Waals surface area contributed by atoms with E-state index in [0.717, 1.165) is 50.1 Å². The Kier molecular flexibility index (Phi) is 9.20. The molecule has 0 radical (unpaired) electrons. The van der Waals surface area contributed by atoms with Gasteiger partial charge in [0.05, 0.1) is 0 Å². The van der Waals surface area contributed by atoms with E-state index in [-0.39, 0.29) is 0 Å². The monoisotopic (exact) mass is 815 g/mol. The topological polar surface area (TPSA) is 16.4 Å². The maximum Gasteiger partial charge on any atom is 0.135 e. The zero-order chi connectivity index (χ0) is 42.4. The molecule has 0 amide bonds. The van der Waals surface area contributed by atoms with E-state index in [0.29, 0.717) is 0 Å². The van der Waals surface area contributed by atoms with E-state index in [4.69, 9.17) is 4.42 Å². The van der Waals surface area contributed by atoms with Crippen LogP contribution in [0.1, 0.15) is 0 Å². The first-order chi connectivity index (χ1) is 31.7. The van der Waals surface area contributed by atoms with Crippen LogP contribution in [-0.4, -0.2) is 0 Å². The minimum absolute atomic E-state index is 0.897. The molecule has 0 spiro atoms. The Morgan fingerprint density at radius 1 is 0.234 bits per heavy atom. The Hall–Kier alpha value is -8.46. The van der Waals surface area contributed by atoms with Gasteiger partial charge in [0, 0.05) is 27.8 Å². The average molecular weight is 816 g/mol. The predicted molar refractivity (Wildman–Crippen MR) is 271 cm³/mol. The highest BCUT2D eigenvalue weighted by Gasteiger charge is 2.16. The van der Waals surface area contributed by atoms with Crippen molar-refractivity contribution >= 4 is 60.5 Å². The molecule has 2 heteroatoms. The van der Waals surface area contributed by atoms with Crippen LogP contribution in [0.15, 0.2) is 253 Å². The normalized spacial score (nSPS) is 11.4. The lowest BCUT2D eigenvalue weighted by atomic mass is 9.95. The van der Waals surface area contributed by atoms with Gasteiger partial charge in [-0.3, -0.25) is 0 Å². The number of rotatable bonds is 8. The molecule has 2 nitrogen and oxygen atoms in total. The Morgan fingerprint density at radius 3 is 1.25 bits per heavy atom. The molecule has 0 saturated carbocycles. The van der Waals surface area contributed by atoms with Gasteiger partial charge in [0.1, 0.15) is 11.2 Å². The largest absolute Gasteiger partial charge is 0.456 e. The molecular weight excluding hydrogens is 775 g/mol. The number of anilines is 3. The van der Waals surface area contributed by atoms with Gasteiger partial charge in [0.2, 0.25) is 0 Å². The number of hydrogen-bond acceptors (Lipinski definition) is 2. The molecule has 64 heavy (non-hydrogen) atoms. The molecule has 0 fully saturated rings. The van der Waals surface area contributed by atoms with Gasteiger partial charge in [-0.1, -0.05) is 182 Å². The SMILES string of the molecule is c1cc(-c2ccc(N(c3ccc(-c4cccc(-c5cccc6ccccc56)c4)cc3)c3cccc(-c4ccc5oc6ccccc6c5c4)c3)cc2)cc(-c2cccc3ccccc23)c1. The van der Waals surface area contributed by atoms with Crippen molar-refractivity contribution in [2.45, 2.75) is 0 Å². The molecule has 0 bridgehead atoms. The van der Waals surface area contributed by atoms with E-state index in [1.165, 1.54) is 66.1 Å². The minimum Gasteiger partial charge on any atom is -0.456 e. The van der Waals surface area contributed by atoms with Crippen LogP contribution in [0.5, 0.6) is 0 Å². The molecule has 0 aliphatic rings. The lowest BCUT2D eigenvalue weighted by Gasteiger charge is -2.26. The number of nitrogens with zero attached hydrogens (tertiary/aromatic N) is 1. The second-order valence-corrected chi connectivity index (χ2v) is 16.5. The highest BCUT2D eigenvalue weighted by atomic mass is 16.3. The molecule has 0 unspecified atom stereocenters. The fourth-order valence-electron chi connectivity index (χ4n) is 9.47. The Bertz CT molecular complexity index is 3490. The third kappa shape index (κ3) is 6.79. The summed E-state index contributed by atoms with van der Waals surface area (Å²) in [4.78, 5) is 2.36. The fraction of sp³-hybridized carbons (Fsp3) is 0. The summed E-state index contributed by atoms with van der Waals surface area (Å²) in [7, 11) is 0. The van der Waals surface area contributed by atoms with Crippen LogP contribution in [0.25, 0.3) is 99.1 Å². The van der Waals surface area contributed by atoms with E-state index in [1.807, 2.05) is 12.1 Å². The maximum absolute atomic E-state index is 6.19. The number of hydrogen-bond donors (Lipinski definition) is 0. The van der Waals surface area contributed by atoms with Gasteiger partial charge in [-0.2, -0.15) is 0 Å². The van der Waals surface area contributed by atoms with Gasteiger partial charge in [0.25, 0.3) is 0 Å². The molecule has 11 aromatic carbocycles. The highest BCUT2D eigenvalue weighted by Crippen LogP contribution is 2.41. The number of benzene rings is 11. The minimum atomic E-state index is 0.897. The van der Waals surface area contributed by atoms with Crippen molar-refractivity contribution in [3.63, 3.8) is 0 Å². The Balaban J connectivity index is 0.926. The van der Waals surface area contributed by atoms with Crippen molar-refractivity contribution in [3.8, 4) is 55.6 Å². The Morgan fingerprint density at radius 2 is 0.656 bits per heavy atom. The molecule has 12 rings (SSSR count). The summed E-state index contributed by atoms with van der Waals surface area (Å²) >= 11 is 0. The molecule has 0 aliphatic carbocycles. The van der Waals surface area contributed by atoms with Crippen molar-refractivity contribution in [3.05, 3.63) is 249 Å². The molecule has 0 saturated heterocycles. The third-order valence-electron chi connectivity index (χ3n) is 12.7. The summed E-state index contributed by atoms with van der Waals surface area (Å²) in [5, 5.41) is 7.26. The molecule has 1 heterocycles. The first-order valence-corrected chi connectivity index (χ1v) is 21.9. The van der Waals surface area contributed by atoms with Crippen LogP contribution in [-0.2, 0) is 0 Å². The van der Waals surface area contributed by atoms with Gasteiger partial charge < -0.3 is 9.32 Å². The van der Waals surface area contributed by atoms with Crippen LogP contribution in [0.2, 0.25) is 0 Å². The van der Waals surface area contributed by atoms with E-state index in [1.54, 1.807) is 0 Å². The summed E-state index contributed by atoms with van der Waals surface area (Å²) in [6, 6.07) is 89.8. The first kappa shape index (κ1) is 37.3. The van der Waals surface area contributed by atoms with Gasteiger partial charge in [-0.05, 0) is 144 Å². The first-order valence-electron chi connectivity index (χ1n) is 21.9. The van der Waals surface area contributed by atoms with Crippen molar-refractivity contribution in [1.82, 2.24) is 0 Å². The molecule has 12 aromatic rings.